The van der Waals surface area contributed by atoms with Gasteiger partial charge < -0.3 is 20.1 Å². The van der Waals surface area contributed by atoms with E-state index < -0.39 is 24.0 Å². The van der Waals surface area contributed by atoms with E-state index in [0.717, 1.165) is 11.1 Å². The van der Waals surface area contributed by atoms with Crippen LogP contribution in [-0.4, -0.2) is 24.0 Å². The van der Waals surface area contributed by atoms with Crippen molar-refractivity contribution in [2.75, 3.05) is 5.32 Å². The fourth-order valence-electron chi connectivity index (χ4n) is 2.88. The molecule has 2 N–H and O–H groups in total. The molecule has 3 aromatic rings. The molecule has 0 aliphatic rings. The van der Waals surface area contributed by atoms with Gasteiger partial charge in [0.15, 0.2) is 0 Å². The van der Waals surface area contributed by atoms with Gasteiger partial charge >= 0.3 is 18.0 Å². The molecular weight excluding hydrogens is 444 g/mol. The lowest BCUT2D eigenvalue weighted by molar-refractivity contribution is -0.153. The molecule has 0 radical (unpaired) electrons. The van der Waals surface area contributed by atoms with E-state index >= 15 is 0 Å². The summed E-state index contributed by atoms with van der Waals surface area (Å²) in [4.78, 5) is 37.5. The van der Waals surface area contributed by atoms with Gasteiger partial charge in [0.1, 0.15) is 19.3 Å². The number of esters is 2. The molecule has 0 aromatic heterocycles. The predicted molar refractivity (Wildman–Crippen MR) is 124 cm³/mol. The Balaban J connectivity index is 1.61. The first-order valence-corrected chi connectivity index (χ1v) is 10.6. The highest BCUT2D eigenvalue weighted by molar-refractivity contribution is 6.30. The third kappa shape index (κ3) is 8.31. The number of ether oxygens (including phenoxy) is 2. The van der Waals surface area contributed by atoms with E-state index in [2.05, 4.69) is 10.6 Å². The normalized spacial score (nSPS) is 11.2. The Bertz CT molecular complexity index is 1080. The van der Waals surface area contributed by atoms with Gasteiger partial charge in [-0.3, -0.25) is 4.79 Å². The van der Waals surface area contributed by atoms with Crippen LogP contribution in [0.5, 0.6) is 0 Å². The molecule has 3 aromatic carbocycles. The summed E-state index contributed by atoms with van der Waals surface area (Å²) in [5, 5.41) is 5.50. The zero-order valence-electron chi connectivity index (χ0n) is 17.7. The lowest BCUT2D eigenvalue weighted by Gasteiger charge is -2.18. The molecule has 0 fully saturated rings. The molecule has 2 amide bonds. The lowest BCUT2D eigenvalue weighted by atomic mass is 10.2. The largest absolute Gasteiger partial charge is 0.461 e. The molecule has 0 saturated heterocycles. The van der Waals surface area contributed by atoms with Crippen LogP contribution in [0.1, 0.15) is 17.5 Å². The Morgan fingerprint density at radius 3 is 2.00 bits per heavy atom. The number of carbonyl (C=O) groups is 3. The number of carbonyl (C=O) groups excluding carboxylic acids is 3. The lowest BCUT2D eigenvalue weighted by Crippen LogP contribution is -2.45. The second kappa shape index (κ2) is 12.3. The summed E-state index contributed by atoms with van der Waals surface area (Å²) in [7, 11) is 0. The minimum atomic E-state index is -1.24. The molecule has 0 aliphatic carbocycles. The van der Waals surface area contributed by atoms with Gasteiger partial charge in [0, 0.05) is 10.7 Å². The van der Waals surface area contributed by atoms with Crippen molar-refractivity contribution in [3.8, 4) is 0 Å². The van der Waals surface area contributed by atoms with Gasteiger partial charge in [-0.25, -0.2) is 9.59 Å². The highest BCUT2D eigenvalue weighted by atomic mass is 35.5. The van der Waals surface area contributed by atoms with Crippen molar-refractivity contribution in [1.29, 1.82) is 0 Å². The summed E-state index contributed by atoms with van der Waals surface area (Å²) in [6.45, 7) is 0.0625. The Morgan fingerprint density at radius 2 is 1.39 bits per heavy atom. The van der Waals surface area contributed by atoms with Crippen LogP contribution in [0.25, 0.3) is 0 Å². The second-order valence-corrected chi connectivity index (χ2v) is 7.54. The van der Waals surface area contributed by atoms with Crippen molar-refractivity contribution in [3.05, 3.63) is 101 Å². The van der Waals surface area contributed by atoms with Gasteiger partial charge in [0.05, 0.1) is 6.42 Å². The molecular formula is C25H23ClN2O5. The SMILES string of the molecule is O=C(Nc1cccc(Cl)c1)NC(CC(=O)OCc1ccccc1)C(=O)OCc1ccccc1. The number of hydrogen-bond donors (Lipinski definition) is 2. The highest BCUT2D eigenvalue weighted by Gasteiger charge is 2.26. The Morgan fingerprint density at radius 1 is 0.788 bits per heavy atom. The third-order valence-electron chi connectivity index (χ3n) is 4.51. The second-order valence-electron chi connectivity index (χ2n) is 7.11. The maximum absolute atomic E-state index is 12.7. The molecule has 170 valence electrons. The van der Waals surface area contributed by atoms with E-state index in [9.17, 15) is 14.4 Å². The molecule has 8 heteroatoms. The van der Waals surface area contributed by atoms with Crippen LogP contribution in [0.3, 0.4) is 0 Å². The third-order valence-corrected chi connectivity index (χ3v) is 4.74. The number of benzene rings is 3. The predicted octanol–water partition coefficient (Wildman–Crippen LogP) is 4.71. The van der Waals surface area contributed by atoms with Crippen LogP contribution < -0.4 is 10.6 Å². The maximum atomic E-state index is 12.7. The summed E-state index contributed by atoms with van der Waals surface area (Å²) in [6, 6.07) is 22.8. The average Bonchev–Trinajstić information content (AvgIpc) is 2.82. The van der Waals surface area contributed by atoms with Crippen LogP contribution >= 0.6 is 11.6 Å². The quantitative estimate of drug-likeness (QED) is 0.445. The molecule has 1 unspecified atom stereocenters. The molecule has 0 bridgehead atoms. The fraction of sp³-hybridized carbons (Fsp3) is 0.160. The van der Waals surface area contributed by atoms with Crippen molar-refractivity contribution in [3.63, 3.8) is 0 Å². The zero-order valence-corrected chi connectivity index (χ0v) is 18.5. The molecule has 7 nitrogen and oxygen atoms in total. The van der Waals surface area contributed by atoms with Gasteiger partial charge in [0.2, 0.25) is 0 Å². The van der Waals surface area contributed by atoms with Crippen molar-refractivity contribution < 1.29 is 23.9 Å². The smallest absolute Gasteiger partial charge is 0.329 e. The number of nitrogens with one attached hydrogen (secondary N) is 2. The van der Waals surface area contributed by atoms with Crippen LogP contribution in [0, 0.1) is 0 Å². The molecule has 3 rings (SSSR count). The number of amides is 2. The van der Waals surface area contributed by atoms with Gasteiger partial charge in [-0.1, -0.05) is 78.3 Å². The van der Waals surface area contributed by atoms with Gasteiger partial charge in [-0.05, 0) is 29.3 Å². The van der Waals surface area contributed by atoms with Crippen LogP contribution in [0.15, 0.2) is 84.9 Å². The molecule has 0 spiro atoms. The van der Waals surface area contributed by atoms with E-state index in [1.807, 2.05) is 48.5 Å². The fourth-order valence-corrected chi connectivity index (χ4v) is 3.07. The van der Waals surface area contributed by atoms with Crippen LogP contribution in [-0.2, 0) is 32.3 Å². The molecule has 1 atom stereocenters. The van der Waals surface area contributed by atoms with Gasteiger partial charge in [-0.2, -0.15) is 0 Å². The number of rotatable bonds is 9. The van der Waals surface area contributed by atoms with E-state index in [0.29, 0.717) is 10.7 Å². The van der Waals surface area contributed by atoms with Crippen molar-refractivity contribution in [2.45, 2.75) is 25.7 Å². The molecule has 33 heavy (non-hydrogen) atoms. The monoisotopic (exact) mass is 466 g/mol. The van der Waals surface area contributed by atoms with Crippen LogP contribution in [0.4, 0.5) is 10.5 Å². The van der Waals surface area contributed by atoms with Gasteiger partial charge in [0.25, 0.3) is 0 Å². The minimum absolute atomic E-state index is 0.00677. The van der Waals surface area contributed by atoms with Crippen molar-refractivity contribution in [1.82, 2.24) is 5.32 Å². The van der Waals surface area contributed by atoms with Crippen molar-refractivity contribution >= 4 is 35.3 Å². The Labute approximate surface area is 196 Å². The minimum Gasteiger partial charge on any atom is -0.461 e. The number of halogens is 1. The summed E-state index contributed by atoms with van der Waals surface area (Å²) in [5.41, 5.74) is 2.02. The molecule has 0 aliphatic heterocycles. The van der Waals surface area contributed by atoms with E-state index in [1.165, 1.54) is 0 Å². The first-order valence-electron chi connectivity index (χ1n) is 10.2. The summed E-state index contributed by atoms with van der Waals surface area (Å²) in [6.07, 6.45) is -0.385. The highest BCUT2D eigenvalue weighted by Crippen LogP contribution is 2.15. The van der Waals surface area contributed by atoms with Crippen molar-refractivity contribution in [2.24, 2.45) is 0 Å². The van der Waals surface area contributed by atoms with E-state index in [-0.39, 0.29) is 19.6 Å². The number of urea groups is 1. The first-order chi connectivity index (χ1) is 16.0. The summed E-state index contributed by atoms with van der Waals surface area (Å²) < 4.78 is 10.6. The maximum Gasteiger partial charge on any atom is 0.329 e. The Kier molecular flexibility index (Phi) is 8.85. The van der Waals surface area contributed by atoms with Crippen LogP contribution in [0.2, 0.25) is 5.02 Å². The van der Waals surface area contributed by atoms with E-state index in [1.54, 1.807) is 36.4 Å². The van der Waals surface area contributed by atoms with Gasteiger partial charge in [-0.15, -0.1) is 0 Å². The first kappa shape index (κ1) is 23.8. The molecule has 0 heterocycles. The standard InChI is InChI=1S/C25H23ClN2O5/c26-20-12-7-13-21(14-20)27-25(31)28-22(24(30)33-17-19-10-5-2-6-11-19)15-23(29)32-16-18-8-3-1-4-9-18/h1-14,22H,15-17H2,(H2,27,28,31). The number of anilines is 1. The summed E-state index contributed by atoms with van der Waals surface area (Å²) >= 11 is 5.93. The average molecular weight is 467 g/mol. The topological polar surface area (TPSA) is 93.7 Å². The number of hydrogen-bond acceptors (Lipinski definition) is 5. The Hall–Kier alpha value is -3.84. The molecule has 0 saturated carbocycles. The van der Waals surface area contributed by atoms with E-state index in [4.69, 9.17) is 21.1 Å². The zero-order chi connectivity index (χ0) is 23.5. The summed E-state index contributed by atoms with van der Waals surface area (Å²) in [5.74, 6) is -1.40.